The van der Waals surface area contributed by atoms with E-state index in [2.05, 4.69) is 46.7 Å². The molecule has 0 amide bonds. The largest absolute Gasteiger partial charge is 0.368 e. The number of benzene rings is 2. The molecule has 25 heavy (non-hydrogen) atoms. The monoisotopic (exact) mass is 325 g/mol. The molecule has 0 aliphatic carbocycles. The van der Waals surface area contributed by atoms with Crippen molar-refractivity contribution in [2.45, 2.75) is 6.04 Å². The van der Waals surface area contributed by atoms with Gasteiger partial charge in [-0.2, -0.15) is 0 Å². The van der Waals surface area contributed by atoms with E-state index in [0.717, 1.165) is 23.5 Å². The molecule has 1 atom stereocenters. The lowest BCUT2D eigenvalue weighted by Crippen LogP contribution is -2.16. The first kappa shape index (κ1) is 15.3. The van der Waals surface area contributed by atoms with Gasteiger partial charge in [-0.25, -0.2) is 0 Å². The average Bonchev–Trinajstić information content (AvgIpc) is 3.17. The van der Waals surface area contributed by atoms with Crippen molar-refractivity contribution in [1.29, 1.82) is 0 Å². The van der Waals surface area contributed by atoms with Gasteiger partial charge in [0.05, 0.1) is 6.04 Å². The zero-order valence-corrected chi connectivity index (χ0v) is 13.8. The molecule has 122 valence electrons. The van der Waals surface area contributed by atoms with E-state index < -0.39 is 0 Å². The highest BCUT2D eigenvalue weighted by molar-refractivity contribution is 5.97. The van der Waals surface area contributed by atoms with Crippen LogP contribution in [0.5, 0.6) is 0 Å². The van der Waals surface area contributed by atoms with Crippen molar-refractivity contribution in [2.75, 3.05) is 6.54 Å². The second kappa shape index (κ2) is 7.14. The summed E-state index contributed by atoms with van der Waals surface area (Å²) in [6.45, 7) is 0.800. The van der Waals surface area contributed by atoms with Crippen LogP contribution in [-0.2, 0) is 0 Å². The molecule has 1 aliphatic rings. The predicted molar refractivity (Wildman–Crippen MR) is 103 cm³/mol. The lowest BCUT2D eigenvalue weighted by atomic mass is 10.0. The number of aromatic nitrogens is 1. The second-order valence-electron chi connectivity index (χ2n) is 6.03. The lowest BCUT2D eigenvalue weighted by molar-refractivity contribution is 0.748. The average molecular weight is 325 g/mol. The van der Waals surface area contributed by atoms with Gasteiger partial charge in [-0.1, -0.05) is 66.7 Å². The van der Waals surface area contributed by atoms with Crippen molar-refractivity contribution in [1.82, 2.24) is 10.3 Å². The van der Waals surface area contributed by atoms with Gasteiger partial charge in [0.25, 0.3) is 0 Å². The van der Waals surface area contributed by atoms with E-state index in [0.29, 0.717) is 0 Å². The second-order valence-corrected chi connectivity index (χ2v) is 6.03. The first-order valence-electron chi connectivity index (χ1n) is 8.44. The fourth-order valence-corrected chi connectivity index (χ4v) is 2.92. The highest BCUT2D eigenvalue weighted by Crippen LogP contribution is 2.25. The number of nitrogens with one attached hydrogen (secondary N) is 1. The Bertz CT molecular complexity index is 899. The molecule has 0 spiro atoms. The zero-order chi connectivity index (χ0) is 16.9. The first-order chi connectivity index (χ1) is 12.4. The van der Waals surface area contributed by atoms with E-state index in [1.165, 1.54) is 11.1 Å². The molecule has 2 heterocycles. The molecule has 0 bridgehead atoms. The highest BCUT2D eigenvalue weighted by atomic mass is 15.1. The predicted octanol–water partition coefficient (Wildman–Crippen LogP) is 4.50. The van der Waals surface area contributed by atoms with E-state index in [1.54, 1.807) is 0 Å². The van der Waals surface area contributed by atoms with E-state index in [4.69, 9.17) is 4.99 Å². The maximum absolute atomic E-state index is 4.79. The van der Waals surface area contributed by atoms with Crippen molar-refractivity contribution in [3.63, 3.8) is 0 Å². The quantitative estimate of drug-likeness (QED) is 0.766. The van der Waals surface area contributed by atoms with Gasteiger partial charge < -0.3 is 5.32 Å². The number of nitrogens with zero attached hydrogens (tertiary/aromatic N) is 2. The van der Waals surface area contributed by atoms with Crippen molar-refractivity contribution in [3.05, 3.63) is 96.3 Å². The van der Waals surface area contributed by atoms with Crippen LogP contribution < -0.4 is 5.32 Å². The summed E-state index contributed by atoms with van der Waals surface area (Å²) in [5.41, 5.74) is 4.61. The Labute approximate surface area is 147 Å². The molecule has 0 fully saturated rings. The van der Waals surface area contributed by atoms with Crippen LogP contribution in [0.3, 0.4) is 0 Å². The summed E-state index contributed by atoms with van der Waals surface area (Å²) < 4.78 is 0. The van der Waals surface area contributed by atoms with Gasteiger partial charge in [0, 0.05) is 24.5 Å². The molecule has 0 saturated carbocycles. The molecule has 1 unspecified atom stereocenters. The van der Waals surface area contributed by atoms with Gasteiger partial charge >= 0.3 is 0 Å². The van der Waals surface area contributed by atoms with Crippen molar-refractivity contribution in [3.8, 4) is 11.1 Å². The third-order valence-corrected chi connectivity index (χ3v) is 4.26. The molecule has 3 aromatic rings. The third-order valence-electron chi connectivity index (χ3n) is 4.26. The van der Waals surface area contributed by atoms with Crippen LogP contribution in [0.15, 0.2) is 90.2 Å². The highest BCUT2D eigenvalue weighted by Gasteiger charge is 2.18. The van der Waals surface area contributed by atoms with Gasteiger partial charge in [0.2, 0.25) is 0 Å². The van der Waals surface area contributed by atoms with Crippen LogP contribution >= 0.6 is 0 Å². The summed E-state index contributed by atoms with van der Waals surface area (Å²) >= 11 is 0. The number of rotatable bonds is 4. The molecule has 2 aromatic carbocycles. The summed E-state index contributed by atoms with van der Waals surface area (Å²) in [6, 6.07) is 22.9. The minimum atomic E-state index is 0.103. The maximum atomic E-state index is 4.79. The Morgan fingerprint density at radius 1 is 0.840 bits per heavy atom. The molecule has 1 aromatic heterocycles. The smallest absolute Gasteiger partial charge is 0.121 e. The molecule has 4 rings (SSSR count). The first-order valence-corrected chi connectivity index (χ1v) is 8.44. The summed E-state index contributed by atoms with van der Waals surface area (Å²) in [4.78, 5) is 9.20. The van der Waals surface area contributed by atoms with E-state index in [1.807, 2.05) is 54.9 Å². The number of pyridine rings is 1. The molecule has 3 nitrogen and oxygen atoms in total. The third kappa shape index (κ3) is 3.66. The lowest BCUT2D eigenvalue weighted by Gasteiger charge is -2.08. The van der Waals surface area contributed by atoms with Crippen LogP contribution in [0.1, 0.15) is 17.2 Å². The number of hydrogen-bond donors (Lipinski definition) is 1. The van der Waals surface area contributed by atoms with Crippen molar-refractivity contribution >= 4 is 11.9 Å². The SMILES string of the molecule is C(=C/c1ccccc1)/C1=NC(c2cncc(-c3ccccc3)c2)CN1. The minimum Gasteiger partial charge on any atom is -0.368 e. The Morgan fingerprint density at radius 3 is 2.40 bits per heavy atom. The van der Waals surface area contributed by atoms with Gasteiger partial charge in [0.1, 0.15) is 5.84 Å². The fourth-order valence-electron chi connectivity index (χ4n) is 2.92. The summed E-state index contributed by atoms with van der Waals surface area (Å²) in [5.74, 6) is 0.916. The van der Waals surface area contributed by atoms with Gasteiger partial charge in [-0.15, -0.1) is 0 Å². The van der Waals surface area contributed by atoms with Gasteiger partial charge in [-0.05, 0) is 28.8 Å². The molecule has 3 heteroatoms. The number of hydrogen-bond acceptors (Lipinski definition) is 3. The molecular formula is C22H19N3. The number of amidine groups is 1. The van der Waals surface area contributed by atoms with Crippen LogP contribution in [0.2, 0.25) is 0 Å². The van der Waals surface area contributed by atoms with E-state index in [-0.39, 0.29) is 6.04 Å². The Kier molecular flexibility index (Phi) is 4.38. The summed E-state index contributed by atoms with van der Waals surface area (Å²) in [5, 5.41) is 3.37. The van der Waals surface area contributed by atoms with Crippen molar-refractivity contribution in [2.24, 2.45) is 4.99 Å². The molecule has 1 aliphatic heterocycles. The maximum Gasteiger partial charge on any atom is 0.121 e. The zero-order valence-electron chi connectivity index (χ0n) is 13.8. The normalized spacial score (nSPS) is 16.6. The van der Waals surface area contributed by atoms with Crippen LogP contribution in [0, 0.1) is 0 Å². The topological polar surface area (TPSA) is 37.3 Å². The Morgan fingerprint density at radius 2 is 1.60 bits per heavy atom. The minimum absolute atomic E-state index is 0.103. The van der Waals surface area contributed by atoms with Crippen LogP contribution in [0.25, 0.3) is 17.2 Å². The van der Waals surface area contributed by atoms with E-state index >= 15 is 0 Å². The molecule has 1 N–H and O–H groups in total. The molecule has 0 saturated heterocycles. The van der Waals surface area contributed by atoms with Crippen molar-refractivity contribution < 1.29 is 0 Å². The Balaban J connectivity index is 1.53. The summed E-state index contributed by atoms with van der Waals surface area (Å²) in [7, 11) is 0. The number of aliphatic imine (C=N–C) groups is 1. The van der Waals surface area contributed by atoms with Gasteiger partial charge in [0.15, 0.2) is 0 Å². The van der Waals surface area contributed by atoms with E-state index in [9.17, 15) is 0 Å². The summed E-state index contributed by atoms with van der Waals surface area (Å²) in [6.07, 6.45) is 7.92. The Hall–Kier alpha value is -3.20. The van der Waals surface area contributed by atoms with Crippen LogP contribution in [0.4, 0.5) is 0 Å². The molecular weight excluding hydrogens is 306 g/mol. The fraction of sp³-hybridized carbons (Fsp3) is 0.0909. The molecule has 0 radical (unpaired) electrons. The van der Waals surface area contributed by atoms with Crippen LogP contribution in [-0.4, -0.2) is 17.4 Å². The van der Waals surface area contributed by atoms with Gasteiger partial charge in [-0.3, -0.25) is 9.98 Å². The standard InChI is InChI=1S/C22H19N3/c1-3-7-17(8-4-1)11-12-22-24-16-21(25-22)20-13-19(14-23-15-20)18-9-5-2-6-10-18/h1-15,21H,16H2,(H,24,25)/b12-11-.